The molecule has 8 heteroatoms. The quantitative estimate of drug-likeness (QED) is 0.558. The number of halogens is 1. The van der Waals surface area contributed by atoms with Crippen LogP contribution in [0.1, 0.15) is 5.56 Å². The van der Waals surface area contributed by atoms with Crippen LogP contribution in [0.4, 0.5) is 5.69 Å². The summed E-state index contributed by atoms with van der Waals surface area (Å²) < 4.78 is 45.3. The van der Waals surface area contributed by atoms with E-state index >= 15 is 0 Å². The largest absolute Gasteiger partial charge is 0.495 e. The lowest BCUT2D eigenvalue weighted by molar-refractivity contribution is 0.171. The van der Waals surface area contributed by atoms with Crippen LogP contribution in [0.15, 0.2) is 71.6 Å². The number of anilines is 1. The van der Waals surface area contributed by atoms with E-state index in [-0.39, 0.29) is 11.4 Å². The highest BCUT2D eigenvalue weighted by molar-refractivity contribution is 7.92. The van der Waals surface area contributed by atoms with Crippen LogP contribution in [0, 0.1) is 0 Å². The molecule has 0 aromatic heterocycles. The number of para-hydroxylation sites is 2. The fourth-order valence-electron chi connectivity index (χ4n) is 3.25. The summed E-state index contributed by atoms with van der Waals surface area (Å²) in [6.07, 6.45) is 0. The van der Waals surface area contributed by atoms with Crippen molar-refractivity contribution in [1.29, 1.82) is 0 Å². The molecule has 0 N–H and O–H groups in total. The van der Waals surface area contributed by atoms with Gasteiger partial charge < -0.3 is 14.2 Å². The molecule has 30 heavy (non-hydrogen) atoms. The monoisotopic (exact) mass is 445 g/mol. The second kappa shape index (κ2) is 8.45. The molecule has 0 amide bonds. The third-order valence-corrected chi connectivity index (χ3v) is 6.66. The molecule has 4 rings (SSSR count). The summed E-state index contributed by atoms with van der Waals surface area (Å²) in [4.78, 5) is 0.0969. The lowest BCUT2D eigenvalue weighted by Crippen LogP contribution is -2.31. The molecule has 156 valence electrons. The van der Waals surface area contributed by atoms with Crippen LogP contribution in [0.25, 0.3) is 0 Å². The molecule has 0 unspecified atom stereocenters. The van der Waals surface area contributed by atoms with Crippen molar-refractivity contribution >= 4 is 27.3 Å². The number of benzene rings is 3. The van der Waals surface area contributed by atoms with E-state index in [2.05, 4.69) is 0 Å². The Hall–Kier alpha value is -2.90. The average molecular weight is 446 g/mol. The number of hydrogen-bond acceptors (Lipinski definition) is 5. The Kier molecular flexibility index (Phi) is 5.74. The Morgan fingerprint density at radius 3 is 2.50 bits per heavy atom. The van der Waals surface area contributed by atoms with E-state index in [1.54, 1.807) is 48.5 Å². The van der Waals surface area contributed by atoms with Gasteiger partial charge in [0.25, 0.3) is 10.0 Å². The molecule has 0 fully saturated rings. The van der Waals surface area contributed by atoms with Crippen LogP contribution >= 0.6 is 11.6 Å². The zero-order valence-electron chi connectivity index (χ0n) is 16.2. The van der Waals surface area contributed by atoms with E-state index in [1.807, 2.05) is 6.07 Å². The zero-order chi connectivity index (χ0) is 21.1. The van der Waals surface area contributed by atoms with Gasteiger partial charge in [0.15, 0.2) is 11.5 Å². The van der Waals surface area contributed by atoms with Gasteiger partial charge in [-0.2, -0.15) is 0 Å². The standard InChI is InChI=1S/C22H20ClNO5S/c1-27-20-8-3-2-7-19(20)24(15-16-5-4-6-17(23)13-16)30(25,26)18-9-10-21-22(14-18)29-12-11-28-21/h2-10,13-14H,11-12,15H2,1H3. The normalized spacial score (nSPS) is 13.0. The fourth-order valence-corrected chi connectivity index (χ4v) is 4.94. The first kappa shape index (κ1) is 20.4. The molecule has 0 atom stereocenters. The summed E-state index contributed by atoms with van der Waals surface area (Å²) in [6.45, 7) is 0.883. The first-order valence-corrected chi connectivity index (χ1v) is 11.1. The number of ether oxygens (including phenoxy) is 3. The van der Waals surface area contributed by atoms with Crippen molar-refractivity contribution in [3.8, 4) is 17.2 Å². The second-order valence-electron chi connectivity index (χ2n) is 6.62. The first-order chi connectivity index (χ1) is 14.5. The van der Waals surface area contributed by atoms with E-state index in [0.717, 1.165) is 5.56 Å². The lowest BCUT2D eigenvalue weighted by Gasteiger charge is -2.27. The van der Waals surface area contributed by atoms with Crippen LogP contribution in [0.3, 0.4) is 0 Å². The van der Waals surface area contributed by atoms with Gasteiger partial charge in [-0.1, -0.05) is 35.9 Å². The van der Waals surface area contributed by atoms with Gasteiger partial charge >= 0.3 is 0 Å². The minimum absolute atomic E-state index is 0.0811. The summed E-state index contributed by atoms with van der Waals surface area (Å²) in [7, 11) is -2.45. The predicted molar refractivity (Wildman–Crippen MR) is 115 cm³/mol. The number of nitrogens with zero attached hydrogens (tertiary/aromatic N) is 1. The zero-order valence-corrected chi connectivity index (χ0v) is 17.8. The van der Waals surface area contributed by atoms with Crippen LogP contribution in [0.2, 0.25) is 5.02 Å². The van der Waals surface area contributed by atoms with Gasteiger partial charge in [0.2, 0.25) is 0 Å². The SMILES string of the molecule is COc1ccccc1N(Cc1cccc(Cl)c1)S(=O)(=O)c1ccc2c(c1)OCCO2. The highest BCUT2D eigenvalue weighted by Gasteiger charge is 2.29. The van der Waals surface area contributed by atoms with Gasteiger partial charge in [0, 0.05) is 11.1 Å². The third kappa shape index (κ3) is 4.04. The van der Waals surface area contributed by atoms with Gasteiger partial charge in [-0.05, 0) is 42.0 Å². The molecular weight excluding hydrogens is 426 g/mol. The Morgan fingerprint density at radius 2 is 1.73 bits per heavy atom. The third-order valence-electron chi connectivity index (χ3n) is 4.67. The molecule has 6 nitrogen and oxygen atoms in total. The van der Waals surface area contributed by atoms with Gasteiger partial charge in [0.1, 0.15) is 19.0 Å². The molecule has 3 aromatic rings. The number of sulfonamides is 1. The maximum Gasteiger partial charge on any atom is 0.264 e. The number of hydrogen-bond donors (Lipinski definition) is 0. The van der Waals surface area contributed by atoms with Crippen molar-refractivity contribution in [3.63, 3.8) is 0 Å². The minimum Gasteiger partial charge on any atom is -0.495 e. The van der Waals surface area contributed by atoms with Gasteiger partial charge in [-0.15, -0.1) is 0 Å². The van der Waals surface area contributed by atoms with Crippen molar-refractivity contribution < 1.29 is 22.6 Å². The van der Waals surface area contributed by atoms with Crippen molar-refractivity contribution in [2.45, 2.75) is 11.4 Å². The van der Waals surface area contributed by atoms with Crippen molar-refractivity contribution in [2.24, 2.45) is 0 Å². The molecule has 1 heterocycles. The Morgan fingerprint density at radius 1 is 0.967 bits per heavy atom. The molecule has 0 saturated carbocycles. The summed E-state index contributed by atoms with van der Waals surface area (Å²) >= 11 is 6.12. The molecular formula is C22H20ClNO5S. The van der Waals surface area contributed by atoms with Crippen molar-refractivity contribution in [1.82, 2.24) is 0 Å². The second-order valence-corrected chi connectivity index (χ2v) is 8.92. The Balaban J connectivity index is 1.82. The maximum atomic E-state index is 13.7. The van der Waals surface area contributed by atoms with E-state index in [4.69, 9.17) is 25.8 Å². The Labute approximate surface area is 180 Å². The Bertz CT molecular complexity index is 1170. The number of fused-ring (bicyclic) bond motifs is 1. The maximum absolute atomic E-state index is 13.7. The van der Waals surface area contributed by atoms with E-state index in [1.165, 1.54) is 23.5 Å². The minimum atomic E-state index is -3.96. The van der Waals surface area contributed by atoms with E-state index < -0.39 is 10.0 Å². The topological polar surface area (TPSA) is 65.1 Å². The number of methoxy groups -OCH3 is 1. The molecule has 0 radical (unpaired) electrons. The van der Waals surface area contributed by atoms with Crippen LogP contribution in [-0.4, -0.2) is 28.7 Å². The molecule has 3 aromatic carbocycles. The summed E-state index contributed by atoms with van der Waals surface area (Å²) in [6, 6.07) is 18.7. The molecule has 0 saturated heterocycles. The van der Waals surface area contributed by atoms with Crippen LogP contribution in [-0.2, 0) is 16.6 Å². The lowest BCUT2D eigenvalue weighted by atomic mass is 10.2. The molecule has 1 aliphatic heterocycles. The summed E-state index contributed by atoms with van der Waals surface area (Å²) in [5, 5.41) is 0.532. The van der Waals surface area contributed by atoms with Gasteiger partial charge in [0.05, 0.1) is 24.2 Å². The van der Waals surface area contributed by atoms with Crippen molar-refractivity contribution in [3.05, 3.63) is 77.3 Å². The van der Waals surface area contributed by atoms with E-state index in [9.17, 15) is 8.42 Å². The van der Waals surface area contributed by atoms with Crippen molar-refractivity contribution in [2.75, 3.05) is 24.6 Å². The fraction of sp³-hybridized carbons (Fsp3) is 0.182. The smallest absolute Gasteiger partial charge is 0.264 e. The van der Waals surface area contributed by atoms with E-state index in [0.29, 0.717) is 41.2 Å². The van der Waals surface area contributed by atoms with Gasteiger partial charge in [-0.3, -0.25) is 4.31 Å². The highest BCUT2D eigenvalue weighted by atomic mass is 35.5. The summed E-state index contributed by atoms with van der Waals surface area (Å²) in [5.41, 5.74) is 1.17. The van der Waals surface area contributed by atoms with Gasteiger partial charge in [-0.25, -0.2) is 8.42 Å². The average Bonchev–Trinajstić information content (AvgIpc) is 2.77. The summed E-state index contributed by atoms with van der Waals surface area (Å²) in [5.74, 6) is 1.38. The molecule has 0 bridgehead atoms. The predicted octanol–water partition coefficient (Wildman–Crippen LogP) is 4.52. The molecule has 0 aliphatic carbocycles. The number of rotatable bonds is 6. The molecule has 1 aliphatic rings. The molecule has 0 spiro atoms. The first-order valence-electron chi connectivity index (χ1n) is 9.29. The van der Waals surface area contributed by atoms with Crippen LogP contribution in [0.5, 0.6) is 17.2 Å². The van der Waals surface area contributed by atoms with Crippen LogP contribution < -0.4 is 18.5 Å². The highest BCUT2D eigenvalue weighted by Crippen LogP contribution is 2.37.